The monoisotopic (exact) mass is 328 g/mol. The largest absolute Gasteiger partial charge is 0.463 e. The molecular weight excluding hydrogens is 304 g/mol. The third-order valence-electron chi connectivity index (χ3n) is 3.01. The molecule has 0 spiro atoms. The first-order valence-corrected chi connectivity index (χ1v) is 8.90. The summed E-state index contributed by atoms with van der Waals surface area (Å²) in [6, 6.07) is 8.84. The summed E-state index contributed by atoms with van der Waals surface area (Å²) >= 11 is 0. The Morgan fingerprint density at radius 3 is 2.23 bits per heavy atom. The van der Waals surface area contributed by atoms with Crippen LogP contribution in [-0.4, -0.2) is 26.6 Å². The summed E-state index contributed by atoms with van der Waals surface area (Å²) in [6.45, 7) is 6.72. The summed E-state index contributed by atoms with van der Waals surface area (Å²) in [5, 5.41) is -0.865. The maximum atomic E-state index is 12.5. The van der Waals surface area contributed by atoms with Gasteiger partial charge < -0.3 is 4.74 Å². The predicted molar refractivity (Wildman–Crippen MR) is 84.8 cm³/mol. The highest BCUT2D eigenvalue weighted by atomic mass is 32.2. The van der Waals surface area contributed by atoms with Crippen molar-refractivity contribution in [1.29, 1.82) is 0 Å². The average Bonchev–Trinajstić information content (AvgIpc) is 2.44. The van der Waals surface area contributed by atoms with Crippen molar-refractivity contribution in [1.82, 2.24) is 0 Å². The molecule has 0 saturated carbocycles. The van der Waals surface area contributed by atoms with Crippen LogP contribution >= 0.6 is 0 Å². The number of hydrogen-bond donors (Lipinski definition) is 0. The van der Waals surface area contributed by atoms with Crippen LogP contribution in [0.3, 0.4) is 0 Å². The SMILES string of the molecule is CCC(=O)O[C@@H](C)C[C@H](c1ccccc1)S(=O)(=O)OC(C)C. The topological polar surface area (TPSA) is 69.7 Å². The molecule has 0 bridgehead atoms. The molecule has 5 nitrogen and oxygen atoms in total. The second-order valence-corrected chi connectivity index (χ2v) is 7.17. The highest BCUT2D eigenvalue weighted by Crippen LogP contribution is 2.30. The number of ether oxygens (including phenoxy) is 1. The first-order chi connectivity index (χ1) is 10.3. The van der Waals surface area contributed by atoms with Crippen molar-refractivity contribution in [3.8, 4) is 0 Å². The van der Waals surface area contributed by atoms with Crippen molar-refractivity contribution in [2.24, 2.45) is 0 Å². The zero-order valence-corrected chi connectivity index (χ0v) is 14.3. The normalized spacial score (nSPS) is 14.6. The molecular formula is C16H24O5S. The highest BCUT2D eigenvalue weighted by molar-refractivity contribution is 7.87. The third kappa shape index (κ3) is 5.77. The van der Waals surface area contributed by atoms with E-state index in [-0.39, 0.29) is 18.8 Å². The number of rotatable bonds is 8. The van der Waals surface area contributed by atoms with Crippen LogP contribution in [0.15, 0.2) is 30.3 Å². The molecule has 0 fully saturated rings. The fourth-order valence-electron chi connectivity index (χ4n) is 2.08. The molecule has 0 heterocycles. The van der Waals surface area contributed by atoms with Crippen LogP contribution in [0.1, 0.15) is 51.3 Å². The van der Waals surface area contributed by atoms with E-state index in [1.54, 1.807) is 52.0 Å². The van der Waals surface area contributed by atoms with Crippen LogP contribution in [0, 0.1) is 0 Å². The molecule has 0 N–H and O–H groups in total. The Balaban J connectivity index is 3.00. The van der Waals surface area contributed by atoms with Crippen molar-refractivity contribution in [3.05, 3.63) is 35.9 Å². The van der Waals surface area contributed by atoms with Crippen molar-refractivity contribution in [2.45, 2.75) is 58.0 Å². The van der Waals surface area contributed by atoms with E-state index in [0.29, 0.717) is 5.56 Å². The van der Waals surface area contributed by atoms with Gasteiger partial charge in [0.25, 0.3) is 10.1 Å². The van der Waals surface area contributed by atoms with Crippen LogP contribution < -0.4 is 0 Å². The van der Waals surface area contributed by atoms with Crippen LogP contribution in [0.5, 0.6) is 0 Å². The molecule has 0 aliphatic carbocycles. The van der Waals surface area contributed by atoms with E-state index in [4.69, 9.17) is 8.92 Å². The minimum atomic E-state index is -3.80. The third-order valence-corrected chi connectivity index (χ3v) is 4.83. The molecule has 1 aromatic carbocycles. The number of hydrogen-bond acceptors (Lipinski definition) is 5. The van der Waals surface area contributed by atoms with E-state index in [9.17, 15) is 13.2 Å². The lowest BCUT2D eigenvalue weighted by Crippen LogP contribution is -2.25. The smallest absolute Gasteiger partial charge is 0.305 e. The molecule has 0 aromatic heterocycles. The van der Waals surface area contributed by atoms with Gasteiger partial charge in [-0.15, -0.1) is 0 Å². The molecule has 0 radical (unpaired) electrons. The van der Waals surface area contributed by atoms with Crippen LogP contribution in [0.25, 0.3) is 0 Å². The van der Waals surface area contributed by atoms with Gasteiger partial charge >= 0.3 is 5.97 Å². The quantitative estimate of drug-likeness (QED) is 0.541. The van der Waals surface area contributed by atoms with E-state index in [0.717, 1.165) is 0 Å². The summed E-state index contributed by atoms with van der Waals surface area (Å²) in [5.41, 5.74) is 0.627. The van der Waals surface area contributed by atoms with Gasteiger partial charge in [-0.3, -0.25) is 8.98 Å². The molecule has 124 valence electrons. The minimum Gasteiger partial charge on any atom is -0.463 e. The van der Waals surface area contributed by atoms with Crippen molar-refractivity contribution in [2.75, 3.05) is 0 Å². The van der Waals surface area contributed by atoms with Gasteiger partial charge in [-0.2, -0.15) is 8.42 Å². The lowest BCUT2D eigenvalue weighted by Gasteiger charge is -2.22. The van der Waals surface area contributed by atoms with E-state index >= 15 is 0 Å². The van der Waals surface area contributed by atoms with Crippen molar-refractivity contribution < 1.29 is 22.1 Å². The summed E-state index contributed by atoms with van der Waals surface area (Å²) < 4.78 is 35.3. The van der Waals surface area contributed by atoms with E-state index in [2.05, 4.69) is 0 Å². The molecule has 0 aliphatic heterocycles. The first-order valence-electron chi connectivity index (χ1n) is 7.42. The second kappa shape index (κ2) is 8.29. The molecule has 1 aromatic rings. The lowest BCUT2D eigenvalue weighted by molar-refractivity contribution is -0.148. The predicted octanol–water partition coefficient (Wildman–Crippen LogP) is 3.21. The number of esters is 1. The van der Waals surface area contributed by atoms with Crippen LogP contribution in [-0.2, 0) is 23.8 Å². The molecule has 0 amide bonds. The Morgan fingerprint density at radius 1 is 1.14 bits per heavy atom. The minimum absolute atomic E-state index is 0.158. The van der Waals surface area contributed by atoms with Crippen molar-refractivity contribution in [3.63, 3.8) is 0 Å². The maximum Gasteiger partial charge on any atom is 0.305 e. The Bertz CT molecular complexity index is 565. The fourth-order valence-corrected chi connectivity index (χ4v) is 3.75. The summed E-state index contributed by atoms with van der Waals surface area (Å²) in [5.74, 6) is -0.346. The van der Waals surface area contributed by atoms with E-state index in [1.807, 2.05) is 6.07 Å². The first kappa shape index (κ1) is 18.6. The fraction of sp³-hybridized carbons (Fsp3) is 0.562. The Morgan fingerprint density at radius 2 is 1.73 bits per heavy atom. The Labute approximate surface area is 132 Å². The van der Waals surface area contributed by atoms with Gasteiger partial charge in [0.2, 0.25) is 0 Å². The maximum absolute atomic E-state index is 12.5. The Kier molecular flexibility index (Phi) is 7.03. The highest BCUT2D eigenvalue weighted by Gasteiger charge is 2.31. The van der Waals surface area contributed by atoms with Crippen molar-refractivity contribution >= 4 is 16.1 Å². The molecule has 6 heteroatoms. The van der Waals surface area contributed by atoms with Gasteiger partial charge in [-0.05, 0) is 26.3 Å². The average molecular weight is 328 g/mol. The van der Waals surface area contributed by atoms with E-state index < -0.39 is 27.6 Å². The van der Waals surface area contributed by atoms with Gasteiger partial charge in [0.15, 0.2) is 0 Å². The van der Waals surface area contributed by atoms with Gasteiger partial charge in [0.05, 0.1) is 6.10 Å². The van der Waals surface area contributed by atoms with Gasteiger partial charge in [0, 0.05) is 12.8 Å². The summed E-state index contributed by atoms with van der Waals surface area (Å²) in [7, 11) is -3.80. The van der Waals surface area contributed by atoms with E-state index in [1.165, 1.54) is 0 Å². The summed E-state index contributed by atoms with van der Waals surface area (Å²) in [4.78, 5) is 11.4. The van der Waals surface area contributed by atoms with Gasteiger partial charge in [-0.1, -0.05) is 37.3 Å². The lowest BCUT2D eigenvalue weighted by atomic mass is 10.1. The molecule has 1 rings (SSSR count). The van der Waals surface area contributed by atoms with Gasteiger partial charge in [0.1, 0.15) is 11.4 Å². The zero-order chi connectivity index (χ0) is 16.8. The molecule has 0 unspecified atom stereocenters. The molecule has 0 aliphatic rings. The standard InChI is InChI=1S/C16H24O5S/c1-5-16(17)20-13(4)11-15(14-9-7-6-8-10-14)22(18,19)21-12(2)3/h6-10,12-13,15H,5,11H2,1-4H3/t13-,15+/m0/s1. The van der Waals surface area contributed by atoms with Crippen LogP contribution in [0.2, 0.25) is 0 Å². The number of carbonyl (C=O) groups excluding carboxylic acids is 1. The summed E-state index contributed by atoms with van der Waals surface area (Å²) in [6.07, 6.45) is -0.534. The number of benzene rings is 1. The second-order valence-electron chi connectivity index (χ2n) is 5.43. The Hall–Kier alpha value is -1.40. The molecule has 2 atom stereocenters. The van der Waals surface area contributed by atoms with Gasteiger partial charge in [-0.25, -0.2) is 0 Å². The van der Waals surface area contributed by atoms with Crippen LogP contribution in [0.4, 0.5) is 0 Å². The zero-order valence-electron chi connectivity index (χ0n) is 13.5. The molecule has 0 saturated heterocycles. The number of carbonyl (C=O) groups is 1. The molecule has 22 heavy (non-hydrogen) atoms.